The van der Waals surface area contributed by atoms with Crippen molar-refractivity contribution < 1.29 is 14.3 Å². The predicted octanol–water partition coefficient (Wildman–Crippen LogP) is 3.44. The number of benzene rings is 2. The highest BCUT2D eigenvalue weighted by Gasteiger charge is 2.12. The summed E-state index contributed by atoms with van der Waals surface area (Å²) in [6.07, 6.45) is 0. The van der Waals surface area contributed by atoms with Gasteiger partial charge in [-0.3, -0.25) is 4.79 Å². The summed E-state index contributed by atoms with van der Waals surface area (Å²) in [5, 5.41) is 0.612. The highest BCUT2D eigenvalue weighted by molar-refractivity contribution is 6.30. The molecule has 0 spiro atoms. The fourth-order valence-electron chi connectivity index (χ4n) is 2.46. The van der Waals surface area contributed by atoms with Crippen molar-refractivity contribution in [3.05, 3.63) is 59.1 Å². The number of ether oxygens (including phenoxy) is 2. The van der Waals surface area contributed by atoms with Crippen molar-refractivity contribution in [1.29, 1.82) is 0 Å². The van der Waals surface area contributed by atoms with Gasteiger partial charge in [-0.15, -0.1) is 0 Å². The van der Waals surface area contributed by atoms with E-state index in [1.807, 2.05) is 24.3 Å². The standard InChI is InChI=1S/C18H18ClNO3/c19-15-6-4-14(5-7-15)18(21)13-23-17-3-1-2-16(12-17)20-8-10-22-11-9-20/h1-7,12H,8-11,13H2. The average molecular weight is 332 g/mol. The van der Waals surface area contributed by atoms with Crippen LogP contribution in [0.1, 0.15) is 10.4 Å². The van der Waals surface area contributed by atoms with Crippen molar-refractivity contribution >= 4 is 23.1 Å². The summed E-state index contributed by atoms with van der Waals surface area (Å²) < 4.78 is 11.0. The molecule has 0 atom stereocenters. The van der Waals surface area contributed by atoms with Gasteiger partial charge in [-0.25, -0.2) is 0 Å². The molecule has 1 fully saturated rings. The molecule has 1 heterocycles. The minimum atomic E-state index is -0.0709. The first-order valence-corrected chi connectivity index (χ1v) is 7.94. The molecule has 0 aromatic heterocycles. The summed E-state index contributed by atoms with van der Waals surface area (Å²) in [5.74, 6) is 0.620. The number of morpholine rings is 1. The summed E-state index contributed by atoms with van der Waals surface area (Å²) in [5.41, 5.74) is 1.68. The van der Waals surface area contributed by atoms with Gasteiger partial charge in [0.15, 0.2) is 12.4 Å². The molecule has 4 nitrogen and oxygen atoms in total. The number of carbonyl (C=O) groups excluding carboxylic acids is 1. The topological polar surface area (TPSA) is 38.8 Å². The molecule has 0 aliphatic carbocycles. The lowest BCUT2D eigenvalue weighted by molar-refractivity contribution is 0.0921. The molecule has 5 heteroatoms. The van der Waals surface area contributed by atoms with Crippen molar-refractivity contribution in [3.63, 3.8) is 0 Å². The first-order chi connectivity index (χ1) is 11.2. The number of carbonyl (C=O) groups is 1. The van der Waals surface area contributed by atoms with Crippen LogP contribution >= 0.6 is 11.6 Å². The SMILES string of the molecule is O=C(COc1cccc(N2CCOCC2)c1)c1ccc(Cl)cc1. The smallest absolute Gasteiger partial charge is 0.200 e. The molecule has 0 bridgehead atoms. The number of hydrogen-bond donors (Lipinski definition) is 0. The van der Waals surface area contributed by atoms with Gasteiger partial charge in [0, 0.05) is 35.4 Å². The Balaban J connectivity index is 1.61. The lowest BCUT2D eigenvalue weighted by Gasteiger charge is -2.29. The molecular formula is C18H18ClNO3. The number of halogens is 1. The van der Waals surface area contributed by atoms with Crippen LogP contribution in [-0.2, 0) is 4.74 Å². The van der Waals surface area contributed by atoms with Crippen LogP contribution in [-0.4, -0.2) is 38.7 Å². The predicted molar refractivity (Wildman–Crippen MR) is 90.8 cm³/mol. The van der Waals surface area contributed by atoms with E-state index in [-0.39, 0.29) is 12.4 Å². The molecule has 0 saturated carbocycles. The van der Waals surface area contributed by atoms with Crippen LogP contribution in [0.5, 0.6) is 5.75 Å². The van der Waals surface area contributed by atoms with Gasteiger partial charge in [0.05, 0.1) is 13.2 Å². The molecule has 2 aromatic carbocycles. The Bertz CT molecular complexity index is 666. The fourth-order valence-corrected chi connectivity index (χ4v) is 2.59. The van der Waals surface area contributed by atoms with Gasteiger partial charge in [0.25, 0.3) is 0 Å². The summed E-state index contributed by atoms with van der Waals surface area (Å²) in [6, 6.07) is 14.6. The first-order valence-electron chi connectivity index (χ1n) is 7.57. The van der Waals surface area contributed by atoms with E-state index in [4.69, 9.17) is 21.1 Å². The number of anilines is 1. The van der Waals surface area contributed by atoms with E-state index in [9.17, 15) is 4.79 Å². The van der Waals surface area contributed by atoms with Gasteiger partial charge in [-0.05, 0) is 36.4 Å². The monoisotopic (exact) mass is 331 g/mol. The van der Waals surface area contributed by atoms with E-state index in [1.165, 1.54) is 0 Å². The lowest BCUT2D eigenvalue weighted by atomic mass is 10.1. The molecule has 0 radical (unpaired) electrons. The van der Waals surface area contributed by atoms with Crippen LogP contribution in [0.2, 0.25) is 5.02 Å². The van der Waals surface area contributed by atoms with E-state index < -0.39 is 0 Å². The molecule has 1 saturated heterocycles. The minimum Gasteiger partial charge on any atom is -0.485 e. The molecule has 2 aromatic rings. The molecule has 1 aliphatic rings. The molecule has 0 amide bonds. The van der Waals surface area contributed by atoms with Gasteiger partial charge >= 0.3 is 0 Å². The number of ketones is 1. The number of hydrogen-bond acceptors (Lipinski definition) is 4. The van der Waals surface area contributed by atoms with Gasteiger partial charge in [0.2, 0.25) is 0 Å². The second kappa shape index (κ2) is 7.49. The van der Waals surface area contributed by atoms with Crippen LogP contribution in [0.25, 0.3) is 0 Å². The van der Waals surface area contributed by atoms with Crippen molar-refractivity contribution in [1.82, 2.24) is 0 Å². The van der Waals surface area contributed by atoms with Crippen LogP contribution in [0.15, 0.2) is 48.5 Å². The van der Waals surface area contributed by atoms with Crippen molar-refractivity contribution in [3.8, 4) is 5.75 Å². The summed E-state index contributed by atoms with van der Waals surface area (Å²) in [7, 11) is 0. The molecule has 0 N–H and O–H groups in total. The van der Waals surface area contributed by atoms with Crippen molar-refractivity contribution in [2.75, 3.05) is 37.8 Å². The van der Waals surface area contributed by atoms with E-state index in [0.717, 1.165) is 32.0 Å². The van der Waals surface area contributed by atoms with Gasteiger partial charge in [0.1, 0.15) is 5.75 Å². The lowest BCUT2D eigenvalue weighted by Crippen LogP contribution is -2.36. The minimum absolute atomic E-state index is 0.00813. The third-order valence-electron chi connectivity index (χ3n) is 3.73. The second-order valence-corrected chi connectivity index (χ2v) is 5.75. The molecule has 23 heavy (non-hydrogen) atoms. The Labute approximate surface area is 140 Å². The molecule has 120 valence electrons. The van der Waals surface area contributed by atoms with Crippen LogP contribution in [0.4, 0.5) is 5.69 Å². The zero-order chi connectivity index (χ0) is 16.1. The fraction of sp³-hybridized carbons (Fsp3) is 0.278. The Hall–Kier alpha value is -2.04. The highest BCUT2D eigenvalue weighted by atomic mass is 35.5. The van der Waals surface area contributed by atoms with Crippen molar-refractivity contribution in [2.45, 2.75) is 0 Å². The molecule has 1 aliphatic heterocycles. The van der Waals surface area contributed by atoms with E-state index in [1.54, 1.807) is 24.3 Å². The Morgan fingerprint density at radius 2 is 1.87 bits per heavy atom. The third kappa shape index (κ3) is 4.24. The molecule has 3 rings (SSSR count). The van der Waals surface area contributed by atoms with Crippen LogP contribution < -0.4 is 9.64 Å². The van der Waals surface area contributed by atoms with E-state index >= 15 is 0 Å². The maximum atomic E-state index is 12.1. The maximum Gasteiger partial charge on any atom is 0.200 e. The van der Waals surface area contributed by atoms with Crippen LogP contribution in [0, 0.1) is 0 Å². The Morgan fingerprint density at radius 3 is 2.61 bits per heavy atom. The first kappa shape index (κ1) is 15.8. The zero-order valence-corrected chi connectivity index (χ0v) is 13.5. The quantitative estimate of drug-likeness (QED) is 0.787. The summed E-state index contributed by atoms with van der Waals surface area (Å²) in [6.45, 7) is 3.22. The maximum absolute atomic E-state index is 12.1. The van der Waals surface area contributed by atoms with Crippen molar-refractivity contribution in [2.24, 2.45) is 0 Å². The van der Waals surface area contributed by atoms with Gasteiger partial charge in [-0.1, -0.05) is 17.7 Å². The normalized spacial score (nSPS) is 14.6. The number of rotatable bonds is 5. The Morgan fingerprint density at radius 1 is 1.13 bits per heavy atom. The largest absolute Gasteiger partial charge is 0.485 e. The number of Topliss-reactive ketones (excluding diaryl/α,β-unsaturated/α-hetero) is 1. The average Bonchev–Trinajstić information content (AvgIpc) is 2.61. The highest BCUT2D eigenvalue weighted by Crippen LogP contribution is 2.22. The summed E-state index contributed by atoms with van der Waals surface area (Å²) in [4.78, 5) is 14.4. The summed E-state index contributed by atoms with van der Waals surface area (Å²) >= 11 is 5.82. The Kier molecular flexibility index (Phi) is 5.16. The molecular weight excluding hydrogens is 314 g/mol. The van der Waals surface area contributed by atoms with Gasteiger partial charge < -0.3 is 14.4 Å². The van der Waals surface area contributed by atoms with Gasteiger partial charge in [-0.2, -0.15) is 0 Å². The number of nitrogens with zero attached hydrogens (tertiary/aromatic N) is 1. The zero-order valence-electron chi connectivity index (χ0n) is 12.7. The second-order valence-electron chi connectivity index (χ2n) is 5.32. The van der Waals surface area contributed by atoms with E-state index in [0.29, 0.717) is 16.3 Å². The van der Waals surface area contributed by atoms with Crippen LogP contribution in [0.3, 0.4) is 0 Å². The molecule has 0 unspecified atom stereocenters. The third-order valence-corrected chi connectivity index (χ3v) is 3.98. The van der Waals surface area contributed by atoms with E-state index in [2.05, 4.69) is 4.90 Å².